The Morgan fingerprint density at radius 1 is 1.50 bits per heavy atom. The number of carbonyl (C=O) groups is 1. The molecule has 0 spiro atoms. The van der Waals surface area contributed by atoms with Gasteiger partial charge in [0, 0.05) is 11.8 Å². The minimum atomic E-state index is -0.500. The second-order valence-corrected chi connectivity index (χ2v) is 5.02. The maximum atomic E-state index is 12.0. The third-order valence-corrected chi connectivity index (χ3v) is 3.37. The van der Waals surface area contributed by atoms with Gasteiger partial charge in [-0.05, 0) is 18.6 Å². The lowest BCUT2D eigenvalue weighted by Gasteiger charge is -2.13. The lowest BCUT2D eigenvalue weighted by atomic mass is 10.1. The summed E-state index contributed by atoms with van der Waals surface area (Å²) in [5.74, 6) is 1.01. The lowest BCUT2D eigenvalue weighted by Crippen LogP contribution is -2.35. The van der Waals surface area contributed by atoms with E-state index in [0.29, 0.717) is 23.6 Å². The Balaban J connectivity index is 2.11. The molecule has 1 atom stereocenters. The number of anilines is 1. The van der Waals surface area contributed by atoms with E-state index >= 15 is 0 Å². The van der Waals surface area contributed by atoms with Crippen LogP contribution in [0.5, 0.6) is 5.75 Å². The second kappa shape index (κ2) is 7.61. The summed E-state index contributed by atoms with van der Waals surface area (Å²) < 4.78 is 10.6. The van der Waals surface area contributed by atoms with Gasteiger partial charge in [-0.3, -0.25) is 4.79 Å². The topological polar surface area (TPSA) is 90.4 Å². The van der Waals surface area contributed by atoms with Crippen molar-refractivity contribution >= 4 is 11.6 Å². The van der Waals surface area contributed by atoms with Crippen LogP contribution in [0.2, 0.25) is 0 Å². The van der Waals surface area contributed by atoms with Crippen molar-refractivity contribution in [2.24, 2.45) is 5.73 Å². The van der Waals surface area contributed by atoms with Crippen molar-refractivity contribution in [2.75, 3.05) is 12.4 Å². The van der Waals surface area contributed by atoms with E-state index in [4.69, 9.17) is 14.9 Å². The molecule has 2 rings (SSSR count). The summed E-state index contributed by atoms with van der Waals surface area (Å²) >= 11 is 0. The van der Waals surface area contributed by atoms with E-state index in [0.717, 1.165) is 18.4 Å². The average Bonchev–Trinajstić information content (AvgIpc) is 3.06. The Labute approximate surface area is 129 Å². The number of amides is 1. The summed E-state index contributed by atoms with van der Waals surface area (Å²) in [6.45, 7) is 2.07. The maximum Gasteiger partial charge on any atom is 0.241 e. The Morgan fingerprint density at radius 2 is 2.32 bits per heavy atom. The fraction of sp³-hybridized carbons (Fsp3) is 0.375. The number of nitrogens with two attached hydrogens (primary N) is 1. The number of rotatable bonds is 7. The van der Waals surface area contributed by atoms with Crippen LogP contribution in [0.25, 0.3) is 11.3 Å². The number of aromatic nitrogens is 1. The second-order valence-electron chi connectivity index (χ2n) is 5.02. The molecule has 0 aliphatic heterocycles. The molecule has 1 amide bonds. The highest BCUT2D eigenvalue weighted by atomic mass is 16.5. The molecule has 0 saturated carbocycles. The average molecular weight is 303 g/mol. The summed E-state index contributed by atoms with van der Waals surface area (Å²) in [4.78, 5) is 15.9. The van der Waals surface area contributed by atoms with Gasteiger partial charge in [-0.15, -0.1) is 0 Å². The van der Waals surface area contributed by atoms with Gasteiger partial charge in [0.05, 0.1) is 24.9 Å². The monoisotopic (exact) mass is 303 g/mol. The standard InChI is InChI=1S/C16H21N3O3/c1-3-4-5-13(17)16(20)19-11-6-7-12(14(8-11)21-2)15-9-18-10-22-15/h6-10,13H,3-5,17H2,1-2H3,(H,19,20)/t13-/m0/s1. The van der Waals surface area contributed by atoms with E-state index < -0.39 is 6.04 Å². The summed E-state index contributed by atoms with van der Waals surface area (Å²) in [6.07, 6.45) is 5.59. The quantitative estimate of drug-likeness (QED) is 0.820. The van der Waals surface area contributed by atoms with Gasteiger partial charge in [0.1, 0.15) is 5.75 Å². The number of unbranched alkanes of at least 4 members (excludes halogenated alkanes) is 1. The zero-order chi connectivity index (χ0) is 15.9. The minimum Gasteiger partial charge on any atom is -0.496 e. The molecule has 1 heterocycles. The zero-order valence-corrected chi connectivity index (χ0v) is 12.8. The molecular formula is C16H21N3O3. The Kier molecular flexibility index (Phi) is 5.55. The van der Waals surface area contributed by atoms with Crippen molar-refractivity contribution in [3.8, 4) is 17.1 Å². The molecular weight excluding hydrogens is 282 g/mol. The first-order chi connectivity index (χ1) is 10.7. The van der Waals surface area contributed by atoms with Crippen LogP contribution in [0, 0.1) is 0 Å². The number of oxazole rings is 1. The molecule has 0 bridgehead atoms. The number of benzene rings is 1. The maximum absolute atomic E-state index is 12.0. The molecule has 0 unspecified atom stereocenters. The summed E-state index contributed by atoms with van der Waals surface area (Å²) in [7, 11) is 1.56. The highest BCUT2D eigenvalue weighted by Gasteiger charge is 2.15. The van der Waals surface area contributed by atoms with E-state index in [-0.39, 0.29) is 5.91 Å². The van der Waals surface area contributed by atoms with Crippen LogP contribution < -0.4 is 15.8 Å². The first-order valence-corrected chi connectivity index (χ1v) is 7.29. The van der Waals surface area contributed by atoms with E-state index in [9.17, 15) is 4.79 Å². The molecule has 1 aromatic carbocycles. The van der Waals surface area contributed by atoms with Crippen LogP contribution in [-0.4, -0.2) is 24.0 Å². The molecule has 118 valence electrons. The lowest BCUT2D eigenvalue weighted by molar-refractivity contribution is -0.117. The molecule has 6 nitrogen and oxygen atoms in total. The van der Waals surface area contributed by atoms with Crippen LogP contribution >= 0.6 is 0 Å². The van der Waals surface area contributed by atoms with Crippen LogP contribution in [0.3, 0.4) is 0 Å². The predicted octanol–water partition coefficient (Wildman–Crippen LogP) is 2.81. The SMILES string of the molecule is CCCC[C@H](N)C(=O)Nc1ccc(-c2cnco2)c(OC)c1. The van der Waals surface area contributed by atoms with Gasteiger partial charge in [-0.1, -0.05) is 19.8 Å². The van der Waals surface area contributed by atoms with Crippen LogP contribution in [0.1, 0.15) is 26.2 Å². The molecule has 0 saturated heterocycles. The number of carbonyl (C=O) groups excluding carboxylic acids is 1. The van der Waals surface area contributed by atoms with Gasteiger partial charge in [0.25, 0.3) is 0 Å². The summed E-state index contributed by atoms with van der Waals surface area (Å²) in [5, 5.41) is 2.81. The smallest absolute Gasteiger partial charge is 0.241 e. The molecule has 0 aliphatic carbocycles. The highest BCUT2D eigenvalue weighted by Crippen LogP contribution is 2.32. The van der Waals surface area contributed by atoms with Gasteiger partial charge in [0.2, 0.25) is 5.91 Å². The molecule has 0 fully saturated rings. The highest BCUT2D eigenvalue weighted by molar-refractivity contribution is 5.95. The van der Waals surface area contributed by atoms with Gasteiger partial charge in [0.15, 0.2) is 12.2 Å². The summed E-state index contributed by atoms with van der Waals surface area (Å²) in [6, 6.07) is 4.83. The van der Waals surface area contributed by atoms with Crippen molar-refractivity contribution in [3.05, 3.63) is 30.8 Å². The third kappa shape index (κ3) is 3.85. The Bertz CT molecular complexity index is 611. The molecule has 6 heteroatoms. The minimum absolute atomic E-state index is 0.192. The Morgan fingerprint density at radius 3 is 2.95 bits per heavy atom. The van der Waals surface area contributed by atoms with Gasteiger partial charge >= 0.3 is 0 Å². The number of hydrogen-bond acceptors (Lipinski definition) is 5. The predicted molar refractivity (Wildman–Crippen MR) is 84.6 cm³/mol. The normalized spacial score (nSPS) is 12.0. The number of hydrogen-bond donors (Lipinski definition) is 2. The fourth-order valence-electron chi connectivity index (χ4n) is 2.11. The van der Waals surface area contributed by atoms with E-state index in [2.05, 4.69) is 17.2 Å². The zero-order valence-electron chi connectivity index (χ0n) is 12.8. The van der Waals surface area contributed by atoms with E-state index in [1.165, 1.54) is 6.39 Å². The van der Waals surface area contributed by atoms with Gasteiger partial charge < -0.3 is 20.2 Å². The van der Waals surface area contributed by atoms with Crippen molar-refractivity contribution in [1.29, 1.82) is 0 Å². The molecule has 1 aromatic heterocycles. The third-order valence-electron chi connectivity index (χ3n) is 3.37. The van der Waals surface area contributed by atoms with Crippen LogP contribution in [0.4, 0.5) is 5.69 Å². The fourth-order valence-corrected chi connectivity index (χ4v) is 2.11. The molecule has 3 N–H and O–H groups in total. The first kappa shape index (κ1) is 16.0. The van der Waals surface area contributed by atoms with Crippen LogP contribution in [0.15, 0.2) is 35.2 Å². The Hall–Kier alpha value is -2.34. The molecule has 2 aromatic rings. The van der Waals surface area contributed by atoms with E-state index in [1.54, 1.807) is 25.4 Å². The molecule has 22 heavy (non-hydrogen) atoms. The van der Waals surface area contributed by atoms with Gasteiger partial charge in [-0.25, -0.2) is 4.98 Å². The number of ether oxygens (including phenoxy) is 1. The number of nitrogens with zero attached hydrogens (tertiary/aromatic N) is 1. The summed E-state index contributed by atoms with van der Waals surface area (Å²) in [5.41, 5.74) is 7.27. The van der Waals surface area contributed by atoms with Crippen molar-refractivity contribution < 1.29 is 13.9 Å². The van der Waals surface area contributed by atoms with Crippen molar-refractivity contribution in [2.45, 2.75) is 32.2 Å². The van der Waals surface area contributed by atoms with Crippen molar-refractivity contribution in [1.82, 2.24) is 4.98 Å². The largest absolute Gasteiger partial charge is 0.496 e. The van der Waals surface area contributed by atoms with Crippen LogP contribution in [-0.2, 0) is 4.79 Å². The van der Waals surface area contributed by atoms with Gasteiger partial charge in [-0.2, -0.15) is 0 Å². The first-order valence-electron chi connectivity index (χ1n) is 7.29. The molecule has 0 aliphatic rings. The van der Waals surface area contributed by atoms with Crippen molar-refractivity contribution in [3.63, 3.8) is 0 Å². The van der Waals surface area contributed by atoms with E-state index in [1.807, 2.05) is 6.07 Å². The molecule has 0 radical (unpaired) electrons. The number of methoxy groups -OCH3 is 1. The number of nitrogens with one attached hydrogen (secondary N) is 1.